The van der Waals surface area contributed by atoms with E-state index in [9.17, 15) is 13.2 Å². The minimum atomic E-state index is -3.78. The van der Waals surface area contributed by atoms with Crippen LogP contribution in [0.25, 0.3) is 0 Å². The lowest BCUT2D eigenvalue weighted by molar-refractivity contribution is -0.114. The monoisotopic (exact) mass is 320 g/mol. The van der Waals surface area contributed by atoms with Gasteiger partial charge in [-0.15, -0.1) is 0 Å². The van der Waals surface area contributed by atoms with Crippen molar-refractivity contribution in [3.8, 4) is 0 Å². The van der Waals surface area contributed by atoms with Crippen LogP contribution in [0.15, 0.2) is 35.2 Å². The topological polar surface area (TPSA) is 101 Å². The summed E-state index contributed by atoms with van der Waals surface area (Å²) in [4.78, 5) is 19.1. The predicted molar refractivity (Wildman–Crippen MR) is 83.1 cm³/mol. The minimum absolute atomic E-state index is 0.0310. The summed E-state index contributed by atoms with van der Waals surface area (Å²) >= 11 is 0. The predicted octanol–water partition coefficient (Wildman–Crippen LogP) is 1.85. The maximum atomic E-state index is 12.3. The van der Waals surface area contributed by atoms with Gasteiger partial charge in [-0.2, -0.15) is 0 Å². The standard InChI is InChI=1S/C14H16N4O3S/c1-9-8-10(2)16-14(15-9)18-22(20,21)13-6-4-12(5-7-13)17-11(3)19/h4-8H,1-3H3,(H,17,19)(H,15,16,18). The van der Waals surface area contributed by atoms with Crippen LogP contribution >= 0.6 is 0 Å². The van der Waals surface area contributed by atoms with Gasteiger partial charge in [-0.1, -0.05) is 0 Å². The first-order valence-corrected chi connectivity index (χ1v) is 7.97. The smallest absolute Gasteiger partial charge is 0.264 e. The number of carbonyl (C=O) groups is 1. The second-order valence-corrected chi connectivity index (χ2v) is 6.47. The highest BCUT2D eigenvalue weighted by Crippen LogP contribution is 2.17. The molecule has 1 aromatic heterocycles. The molecule has 0 unspecified atom stereocenters. The van der Waals surface area contributed by atoms with Gasteiger partial charge in [-0.05, 0) is 44.2 Å². The maximum absolute atomic E-state index is 12.3. The van der Waals surface area contributed by atoms with Crippen LogP contribution in [0.4, 0.5) is 11.6 Å². The Morgan fingerprint density at radius 1 is 1.05 bits per heavy atom. The first kappa shape index (κ1) is 15.9. The van der Waals surface area contributed by atoms with Gasteiger partial charge in [0.05, 0.1) is 4.90 Å². The van der Waals surface area contributed by atoms with Crippen molar-refractivity contribution in [1.82, 2.24) is 9.97 Å². The van der Waals surface area contributed by atoms with Crippen molar-refractivity contribution < 1.29 is 13.2 Å². The number of sulfonamides is 1. The Hall–Kier alpha value is -2.48. The molecule has 0 radical (unpaired) electrons. The largest absolute Gasteiger partial charge is 0.326 e. The average Bonchev–Trinajstić information content (AvgIpc) is 2.36. The quantitative estimate of drug-likeness (QED) is 0.895. The molecule has 1 heterocycles. The molecule has 2 aromatic rings. The van der Waals surface area contributed by atoms with E-state index in [0.717, 1.165) is 0 Å². The number of aryl methyl sites for hydroxylation is 2. The third kappa shape index (κ3) is 4.01. The third-order valence-corrected chi connectivity index (χ3v) is 4.04. The Morgan fingerprint density at radius 3 is 2.09 bits per heavy atom. The zero-order chi connectivity index (χ0) is 16.3. The molecule has 0 aliphatic carbocycles. The number of rotatable bonds is 4. The summed E-state index contributed by atoms with van der Waals surface area (Å²) in [5.74, 6) is -0.194. The SMILES string of the molecule is CC(=O)Nc1ccc(S(=O)(=O)Nc2nc(C)cc(C)n2)cc1. The van der Waals surface area contributed by atoms with E-state index in [1.54, 1.807) is 19.9 Å². The lowest BCUT2D eigenvalue weighted by Crippen LogP contribution is -2.16. The molecule has 2 rings (SSSR count). The van der Waals surface area contributed by atoms with Crippen LogP contribution in [-0.4, -0.2) is 24.3 Å². The van der Waals surface area contributed by atoms with E-state index in [4.69, 9.17) is 0 Å². The highest BCUT2D eigenvalue weighted by atomic mass is 32.2. The summed E-state index contributed by atoms with van der Waals surface area (Å²) in [6.07, 6.45) is 0. The molecule has 0 aliphatic heterocycles. The first-order chi connectivity index (χ1) is 10.3. The highest BCUT2D eigenvalue weighted by Gasteiger charge is 2.16. The van der Waals surface area contributed by atoms with E-state index in [-0.39, 0.29) is 16.8 Å². The lowest BCUT2D eigenvalue weighted by Gasteiger charge is -2.09. The molecule has 22 heavy (non-hydrogen) atoms. The molecular weight excluding hydrogens is 304 g/mol. The molecular formula is C14H16N4O3S. The van der Waals surface area contributed by atoms with Crippen LogP contribution in [-0.2, 0) is 14.8 Å². The number of hydrogen-bond donors (Lipinski definition) is 2. The number of nitrogens with one attached hydrogen (secondary N) is 2. The van der Waals surface area contributed by atoms with Gasteiger partial charge >= 0.3 is 0 Å². The van der Waals surface area contributed by atoms with E-state index < -0.39 is 10.0 Å². The number of amides is 1. The van der Waals surface area contributed by atoms with Gasteiger partial charge in [-0.3, -0.25) is 4.79 Å². The fourth-order valence-electron chi connectivity index (χ4n) is 1.87. The van der Waals surface area contributed by atoms with Crippen LogP contribution in [0, 0.1) is 13.8 Å². The summed E-state index contributed by atoms with van der Waals surface area (Å²) in [7, 11) is -3.78. The molecule has 116 valence electrons. The molecule has 0 saturated heterocycles. The molecule has 0 fully saturated rings. The second-order valence-electron chi connectivity index (χ2n) is 4.79. The zero-order valence-corrected chi connectivity index (χ0v) is 13.2. The Balaban J connectivity index is 2.24. The van der Waals surface area contributed by atoms with E-state index in [1.807, 2.05) is 0 Å². The molecule has 0 atom stereocenters. The molecule has 0 aliphatic rings. The number of anilines is 2. The Bertz CT molecular complexity index is 781. The summed E-state index contributed by atoms with van der Waals surface area (Å²) in [5.41, 5.74) is 1.87. The minimum Gasteiger partial charge on any atom is -0.326 e. The summed E-state index contributed by atoms with van der Waals surface area (Å²) in [6.45, 7) is 4.90. The van der Waals surface area contributed by atoms with Crippen LogP contribution in [0.5, 0.6) is 0 Å². The molecule has 0 saturated carbocycles. The molecule has 0 spiro atoms. The van der Waals surface area contributed by atoms with Crippen LogP contribution < -0.4 is 10.0 Å². The third-order valence-electron chi connectivity index (χ3n) is 2.69. The molecule has 0 bridgehead atoms. The van der Waals surface area contributed by atoms with Crippen molar-refractivity contribution in [2.45, 2.75) is 25.7 Å². The van der Waals surface area contributed by atoms with Crippen molar-refractivity contribution in [1.29, 1.82) is 0 Å². The first-order valence-electron chi connectivity index (χ1n) is 6.49. The van der Waals surface area contributed by atoms with Gasteiger partial charge in [0.25, 0.3) is 10.0 Å². The molecule has 2 N–H and O–H groups in total. The number of carbonyl (C=O) groups excluding carboxylic acids is 1. The summed E-state index contributed by atoms with van der Waals surface area (Å²) < 4.78 is 26.9. The number of aromatic nitrogens is 2. The summed E-state index contributed by atoms with van der Waals surface area (Å²) in [6, 6.07) is 7.57. The number of benzene rings is 1. The van der Waals surface area contributed by atoms with Gasteiger partial charge in [-0.25, -0.2) is 23.1 Å². The van der Waals surface area contributed by atoms with Crippen LogP contribution in [0.3, 0.4) is 0 Å². The van der Waals surface area contributed by atoms with Crippen molar-refractivity contribution in [3.63, 3.8) is 0 Å². The van der Waals surface area contributed by atoms with Crippen molar-refractivity contribution in [2.75, 3.05) is 10.0 Å². The molecule has 1 aromatic carbocycles. The van der Waals surface area contributed by atoms with Crippen molar-refractivity contribution >= 4 is 27.6 Å². The van der Waals surface area contributed by atoms with Gasteiger partial charge in [0, 0.05) is 24.0 Å². The second kappa shape index (κ2) is 6.10. The van der Waals surface area contributed by atoms with E-state index in [2.05, 4.69) is 20.0 Å². The van der Waals surface area contributed by atoms with E-state index >= 15 is 0 Å². The number of nitrogens with zero attached hydrogens (tertiary/aromatic N) is 2. The van der Waals surface area contributed by atoms with Gasteiger partial charge in [0.2, 0.25) is 11.9 Å². The fourth-order valence-corrected chi connectivity index (χ4v) is 2.82. The molecule has 8 heteroatoms. The lowest BCUT2D eigenvalue weighted by atomic mass is 10.3. The van der Waals surface area contributed by atoms with E-state index in [1.165, 1.54) is 31.2 Å². The van der Waals surface area contributed by atoms with Gasteiger partial charge in [0.15, 0.2) is 0 Å². The van der Waals surface area contributed by atoms with E-state index in [0.29, 0.717) is 17.1 Å². The molecule has 7 nitrogen and oxygen atoms in total. The normalized spacial score (nSPS) is 11.0. The zero-order valence-electron chi connectivity index (χ0n) is 12.4. The molecule has 1 amide bonds. The van der Waals surface area contributed by atoms with Crippen molar-refractivity contribution in [2.24, 2.45) is 0 Å². The summed E-state index contributed by atoms with van der Waals surface area (Å²) in [5, 5.41) is 2.57. The maximum Gasteiger partial charge on any atom is 0.264 e. The highest BCUT2D eigenvalue weighted by molar-refractivity contribution is 7.92. The van der Waals surface area contributed by atoms with Gasteiger partial charge in [0.1, 0.15) is 0 Å². The Kier molecular flexibility index (Phi) is 4.41. The van der Waals surface area contributed by atoms with Gasteiger partial charge < -0.3 is 5.32 Å². The Labute approximate surface area is 128 Å². The fraction of sp³-hybridized carbons (Fsp3) is 0.214. The van der Waals surface area contributed by atoms with Crippen molar-refractivity contribution in [3.05, 3.63) is 41.7 Å². The number of hydrogen-bond acceptors (Lipinski definition) is 5. The average molecular weight is 320 g/mol. The van der Waals surface area contributed by atoms with Crippen LogP contribution in [0.2, 0.25) is 0 Å². The Morgan fingerprint density at radius 2 is 1.59 bits per heavy atom. The van der Waals surface area contributed by atoms with Crippen LogP contribution in [0.1, 0.15) is 18.3 Å².